The topological polar surface area (TPSA) is 65.1 Å². The zero-order valence-corrected chi connectivity index (χ0v) is 15.1. The van der Waals surface area contributed by atoms with Crippen molar-refractivity contribution in [2.24, 2.45) is 0 Å². The lowest BCUT2D eigenvalue weighted by atomic mass is 10.1. The van der Waals surface area contributed by atoms with E-state index in [2.05, 4.69) is 35.5 Å². The van der Waals surface area contributed by atoms with Gasteiger partial charge in [0.1, 0.15) is 5.75 Å². The lowest BCUT2D eigenvalue weighted by Gasteiger charge is -2.13. The molecule has 2 heterocycles. The molecule has 3 rings (SSSR count). The van der Waals surface area contributed by atoms with E-state index in [1.165, 1.54) is 5.69 Å². The van der Waals surface area contributed by atoms with E-state index in [1.54, 1.807) is 7.11 Å². The fourth-order valence-electron chi connectivity index (χ4n) is 2.77. The van der Waals surface area contributed by atoms with Crippen molar-refractivity contribution in [3.05, 3.63) is 53.5 Å². The summed E-state index contributed by atoms with van der Waals surface area (Å²) in [5.41, 5.74) is 4.05. The van der Waals surface area contributed by atoms with Gasteiger partial charge in [-0.2, -0.15) is 5.10 Å². The first-order chi connectivity index (χ1) is 12.0. The average molecular weight is 340 g/mol. The third-order valence-electron chi connectivity index (χ3n) is 4.10. The molecule has 0 fully saturated rings. The van der Waals surface area contributed by atoms with Crippen LogP contribution in [0.25, 0.3) is 11.3 Å². The zero-order valence-electron chi connectivity index (χ0n) is 15.1. The number of benzene rings is 1. The van der Waals surface area contributed by atoms with E-state index in [9.17, 15) is 0 Å². The molecule has 0 spiro atoms. The molecule has 25 heavy (non-hydrogen) atoms. The third kappa shape index (κ3) is 4.28. The summed E-state index contributed by atoms with van der Waals surface area (Å²) in [6.45, 7) is 7.69. The number of rotatable bonds is 7. The molecule has 2 aromatic heterocycles. The molecule has 3 aromatic rings. The first kappa shape index (κ1) is 17.2. The monoisotopic (exact) mass is 340 g/mol. The summed E-state index contributed by atoms with van der Waals surface area (Å²) < 4.78 is 12.7. The molecule has 1 atom stereocenters. The van der Waals surface area contributed by atoms with E-state index in [4.69, 9.17) is 9.26 Å². The van der Waals surface area contributed by atoms with Gasteiger partial charge in [-0.1, -0.05) is 17.3 Å². The van der Waals surface area contributed by atoms with Crippen LogP contribution in [0.15, 0.2) is 40.9 Å². The summed E-state index contributed by atoms with van der Waals surface area (Å²) in [4.78, 5) is 0. The number of methoxy groups -OCH3 is 1. The Morgan fingerprint density at radius 3 is 2.80 bits per heavy atom. The van der Waals surface area contributed by atoms with Crippen molar-refractivity contribution in [2.75, 3.05) is 7.11 Å². The van der Waals surface area contributed by atoms with Gasteiger partial charge in [-0.15, -0.1) is 0 Å². The highest BCUT2D eigenvalue weighted by molar-refractivity contribution is 5.59. The van der Waals surface area contributed by atoms with Gasteiger partial charge in [-0.05, 0) is 39.0 Å². The molecule has 0 saturated heterocycles. The quantitative estimate of drug-likeness (QED) is 0.714. The Labute approximate surface area is 147 Å². The number of aromatic nitrogens is 3. The molecule has 1 unspecified atom stereocenters. The number of ether oxygens (including phenoxy) is 1. The molecule has 1 N–H and O–H groups in total. The van der Waals surface area contributed by atoms with Crippen molar-refractivity contribution < 1.29 is 9.26 Å². The van der Waals surface area contributed by atoms with Crippen LogP contribution in [0, 0.1) is 13.8 Å². The normalized spacial score (nSPS) is 12.3. The third-order valence-corrected chi connectivity index (χ3v) is 4.10. The number of nitrogens with zero attached hydrogens (tertiary/aromatic N) is 3. The van der Waals surface area contributed by atoms with Crippen molar-refractivity contribution in [1.29, 1.82) is 0 Å². The fraction of sp³-hybridized carbons (Fsp3) is 0.368. The molecular weight excluding hydrogens is 316 g/mol. The largest absolute Gasteiger partial charge is 0.497 e. The lowest BCUT2D eigenvalue weighted by Crippen LogP contribution is -2.30. The Balaban J connectivity index is 1.58. The van der Waals surface area contributed by atoms with Gasteiger partial charge in [0.25, 0.3) is 0 Å². The number of hydrogen-bond acceptors (Lipinski definition) is 5. The van der Waals surface area contributed by atoms with Crippen molar-refractivity contribution in [1.82, 2.24) is 20.3 Å². The van der Waals surface area contributed by atoms with E-state index in [0.29, 0.717) is 6.54 Å². The highest BCUT2D eigenvalue weighted by Crippen LogP contribution is 2.24. The van der Waals surface area contributed by atoms with Gasteiger partial charge in [0.2, 0.25) is 0 Å². The van der Waals surface area contributed by atoms with Gasteiger partial charge in [-0.25, -0.2) is 0 Å². The Bertz CT molecular complexity index is 838. The molecule has 6 nitrogen and oxygen atoms in total. The predicted octanol–water partition coefficient (Wildman–Crippen LogP) is 3.34. The maximum absolute atomic E-state index is 5.46. The number of nitrogens with one attached hydrogen (secondary N) is 1. The van der Waals surface area contributed by atoms with Gasteiger partial charge in [0.05, 0.1) is 25.0 Å². The van der Waals surface area contributed by atoms with Gasteiger partial charge >= 0.3 is 0 Å². The Hall–Kier alpha value is -2.60. The molecule has 0 bridgehead atoms. The highest BCUT2D eigenvalue weighted by Gasteiger charge is 2.10. The summed E-state index contributed by atoms with van der Waals surface area (Å²) in [6.07, 6.45) is 0. The molecule has 1 aromatic carbocycles. The van der Waals surface area contributed by atoms with Crippen molar-refractivity contribution in [3.63, 3.8) is 0 Å². The van der Waals surface area contributed by atoms with Crippen molar-refractivity contribution >= 4 is 0 Å². The van der Waals surface area contributed by atoms with Crippen LogP contribution in [0.5, 0.6) is 5.75 Å². The maximum Gasteiger partial charge on any atom is 0.167 e. The highest BCUT2D eigenvalue weighted by atomic mass is 16.5. The van der Waals surface area contributed by atoms with E-state index in [1.807, 2.05) is 41.9 Å². The van der Waals surface area contributed by atoms with Crippen LogP contribution >= 0.6 is 0 Å². The van der Waals surface area contributed by atoms with E-state index >= 15 is 0 Å². The summed E-state index contributed by atoms with van der Waals surface area (Å²) in [5, 5.41) is 12.1. The lowest BCUT2D eigenvalue weighted by molar-refractivity contribution is 0.404. The number of aryl methyl sites for hydroxylation is 2. The molecule has 0 amide bonds. The average Bonchev–Trinajstić information content (AvgIpc) is 3.20. The van der Waals surface area contributed by atoms with Crippen LogP contribution in [0.4, 0.5) is 0 Å². The molecule has 0 saturated carbocycles. The molecule has 6 heteroatoms. The van der Waals surface area contributed by atoms with Gasteiger partial charge in [-0.3, -0.25) is 4.68 Å². The van der Waals surface area contributed by atoms with Crippen LogP contribution in [-0.2, 0) is 13.1 Å². The van der Waals surface area contributed by atoms with E-state index < -0.39 is 0 Å². The summed E-state index contributed by atoms with van der Waals surface area (Å²) in [7, 11) is 1.65. The van der Waals surface area contributed by atoms with Gasteiger partial charge < -0.3 is 14.6 Å². The van der Waals surface area contributed by atoms with Crippen LogP contribution in [0.2, 0.25) is 0 Å². The smallest absolute Gasteiger partial charge is 0.167 e. The second-order valence-corrected chi connectivity index (χ2v) is 6.31. The minimum Gasteiger partial charge on any atom is -0.497 e. The van der Waals surface area contributed by atoms with Crippen LogP contribution in [-0.4, -0.2) is 28.1 Å². The molecule has 0 aliphatic carbocycles. The Morgan fingerprint density at radius 1 is 1.24 bits per heavy atom. The maximum atomic E-state index is 5.46. The predicted molar refractivity (Wildman–Crippen MR) is 96.5 cm³/mol. The van der Waals surface area contributed by atoms with Crippen LogP contribution in [0.1, 0.15) is 24.0 Å². The van der Waals surface area contributed by atoms with E-state index in [0.717, 1.165) is 35.0 Å². The zero-order chi connectivity index (χ0) is 17.8. The van der Waals surface area contributed by atoms with E-state index in [-0.39, 0.29) is 6.04 Å². The SMILES string of the molecule is COc1cccc(-c2cc(CNC(C)Cn3nc(C)cc3C)no2)c1. The van der Waals surface area contributed by atoms with Crippen molar-refractivity contribution in [2.45, 2.75) is 39.9 Å². The summed E-state index contributed by atoms with van der Waals surface area (Å²) in [6, 6.07) is 12.1. The molecular formula is C19H24N4O2. The van der Waals surface area contributed by atoms with Gasteiger partial charge in [0, 0.05) is 29.9 Å². The minimum atomic E-state index is 0.273. The standard InChI is InChI=1S/C19H24N4O2/c1-13-8-15(3)23(21-13)12-14(2)20-11-17-10-19(25-22-17)16-6-5-7-18(9-16)24-4/h5-10,14,20H,11-12H2,1-4H3. The second kappa shape index (κ2) is 7.53. The summed E-state index contributed by atoms with van der Waals surface area (Å²) in [5.74, 6) is 1.54. The van der Waals surface area contributed by atoms with Crippen molar-refractivity contribution in [3.8, 4) is 17.1 Å². The van der Waals surface area contributed by atoms with Crippen LogP contribution < -0.4 is 10.1 Å². The minimum absolute atomic E-state index is 0.273. The molecule has 0 radical (unpaired) electrons. The first-order valence-corrected chi connectivity index (χ1v) is 8.39. The summed E-state index contributed by atoms with van der Waals surface area (Å²) >= 11 is 0. The fourth-order valence-corrected chi connectivity index (χ4v) is 2.77. The first-order valence-electron chi connectivity index (χ1n) is 8.39. The molecule has 132 valence electrons. The van der Waals surface area contributed by atoms with Gasteiger partial charge in [0.15, 0.2) is 5.76 Å². The number of hydrogen-bond donors (Lipinski definition) is 1. The van der Waals surface area contributed by atoms with Crippen LogP contribution in [0.3, 0.4) is 0 Å². The molecule has 0 aliphatic heterocycles. The second-order valence-electron chi connectivity index (χ2n) is 6.31. The Kier molecular flexibility index (Phi) is 5.19. The molecule has 0 aliphatic rings. The Morgan fingerprint density at radius 2 is 2.08 bits per heavy atom.